The zero-order valence-electron chi connectivity index (χ0n) is 8.25. The van der Waals surface area contributed by atoms with Crippen molar-refractivity contribution in [2.24, 2.45) is 5.73 Å². The second kappa shape index (κ2) is 7.03. The highest BCUT2D eigenvalue weighted by atomic mass is 35.5. The maximum atomic E-state index is 10.9. The molecule has 0 saturated carbocycles. The molecule has 0 fully saturated rings. The van der Waals surface area contributed by atoms with E-state index in [2.05, 4.69) is 9.72 Å². The third-order valence-corrected chi connectivity index (χ3v) is 1.55. The maximum absolute atomic E-state index is 10.9. The van der Waals surface area contributed by atoms with E-state index in [1.165, 1.54) is 7.11 Å². The minimum atomic E-state index is -0.776. The van der Waals surface area contributed by atoms with Crippen molar-refractivity contribution in [3.05, 3.63) is 24.4 Å². The number of pyridine rings is 1. The molecule has 0 amide bonds. The van der Waals surface area contributed by atoms with Gasteiger partial charge in [0.1, 0.15) is 12.6 Å². The zero-order valence-corrected chi connectivity index (χ0v) is 9.07. The van der Waals surface area contributed by atoms with Crippen molar-refractivity contribution in [3.63, 3.8) is 0 Å². The van der Waals surface area contributed by atoms with Gasteiger partial charge in [-0.3, -0.25) is 4.79 Å². The highest BCUT2D eigenvalue weighted by Crippen LogP contribution is 2.03. The minimum Gasteiger partial charge on any atom is -0.475 e. The predicted octanol–water partition coefficient (Wildman–Crippen LogP) is 0.382. The molecule has 0 bridgehead atoms. The average molecular weight is 233 g/mol. The Morgan fingerprint density at radius 2 is 2.33 bits per heavy atom. The molecular weight excluding hydrogens is 220 g/mol. The van der Waals surface area contributed by atoms with E-state index in [9.17, 15) is 4.79 Å². The van der Waals surface area contributed by atoms with Crippen LogP contribution in [0.2, 0.25) is 0 Å². The van der Waals surface area contributed by atoms with Crippen molar-refractivity contribution in [1.82, 2.24) is 4.98 Å². The molecule has 0 unspecified atom stereocenters. The molecule has 0 aliphatic rings. The van der Waals surface area contributed by atoms with Crippen LogP contribution in [0.3, 0.4) is 0 Å². The van der Waals surface area contributed by atoms with Gasteiger partial charge in [-0.2, -0.15) is 0 Å². The van der Waals surface area contributed by atoms with E-state index in [1.54, 1.807) is 24.4 Å². The van der Waals surface area contributed by atoms with Crippen LogP contribution < -0.4 is 10.5 Å². The van der Waals surface area contributed by atoms with Crippen LogP contribution in [0.15, 0.2) is 24.4 Å². The van der Waals surface area contributed by atoms with Gasteiger partial charge in [-0.15, -0.1) is 12.4 Å². The van der Waals surface area contributed by atoms with Gasteiger partial charge in [-0.25, -0.2) is 4.98 Å². The van der Waals surface area contributed by atoms with E-state index in [-0.39, 0.29) is 19.0 Å². The molecule has 0 aliphatic carbocycles. The van der Waals surface area contributed by atoms with Crippen molar-refractivity contribution >= 4 is 18.4 Å². The molecule has 0 radical (unpaired) electrons. The van der Waals surface area contributed by atoms with Gasteiger partial charge in [0.25, 0.3) is 0 Å². The number of methoxy groups -OCH3 is 1. The lowest BCUT2D eigenvalue weighted by Crippen LogP contribution is -2.37. The van der Waals surface area contributed by atoms with Gasteiger partial charge in [0.05, 0.1) is 7.11 Å². The zero-order chi connectivity index (χ0) is 10.4. The number of hydrogen-bond acceptors (Lipinski definition) is 5. The summed E-state index contributed by atoms with van der Waals surface area (Å²) in [6, 6.07) is 4.46. The Morgan fingerprint density at radius 1 is 1.60 bits per heavy atom. The lowest BCUT2D eigenvalue weighted by Gasteiger charge is -2.09. The summed E-state index contributed by atoms with van der Waals surface area (Å²) in [7, 11) is 1.28. The Bertz CT molecular complexity index is 295. The second-order valence-electron chi connectivity index (χ2n) is 2.61. The van der Waals surface area contributed by atoms with Gasteiger partial charge in [0.2, 0.25) is 5.88 Å². The van der Waals surface area contributed by atoms with Gasteiger partial charge in [-0.05, 0) is 6.07 Å². The molecule has 1 heterocycles. The van der Waals surface area contributed by atoms with Crippen molar-refractivity contribution in [2.45, 2.75) is 6.04 Å². The summed E-state index contributed by atoms with van der Waals surface area (Å²) in [5, 5.41) is 0. The van der Waals surface area contributed by atoms with Crippen LogP contribution in [0.4, 0.5) is 0 Å². The number of halogens is 1. The first-order valence-electron chi connectivity index (χ1n) is 4.11. The molecule has 1 rings (SSSR count). The molecule has 1 aromatic rings. The van der Waals surface area contributed by atoms with E-state index in [1.807, 2.05) is 0 Å². The molecule has 84 valence electrons. The number of carbonyl (C=O) groups excluding carboxylic acids is 1. The highest BCUT2D eigenvalue weighted by Gasteiger charge is 2.14. The van der Waals surface area contributed by atoms with Crippen LogP contribution in [0.25, 0.3) is 0 Å². The fourth-order valence-electron chi connectivity index (χ4n) is 0.827. The van der Waals surface area contributed by atoms with Crippen molar-refractivity contribution in [1.29, 1.82) is 0 Å². The van der Waals surface area contributed by atoms with Crippen molar-refractivity contribution in [2.75, 3.05) is 13.7 Å². The quantitative estimate of drug-likeness (QED) is 0.760. The summed E-state index contributed by atoms with van der Waals surface area (Å²) in [6.45, 7) is 0.0592. The molecule has 15 heavy (non-hydrogen) atoms. The summed E-state index contributed by atoms with van der Waals surface area (Å²) < 4.78 is 9.59. The maximum Gasteiger partial charge on any atom is 0.326 e. The molecule has 0 aliphatic heterocycles. The largest absolute Gasteiger partial charge is 0.475 e. The molecule has 0 spiro atoms. The van der Waals surface area contributed by atoms with Crippen LogP contribution in [-0.4, -0.2) is 30.7 Å². The number of nitrogens with two attached hydrogens (primary N) is 1. The average Bonchev–Trinajstić information content (AvgIpc) is 2.26. The smallest absolute Gasteiger partial charge is 0.326 e. The number of nitrogens with zero attached hydrogens (tertiary/aromatic N) is 1. The predicted molar refractivity (Wildman–Crippen MR) is 57.0 cm³/mol. The highest BCUT2D eigenvalue weighted by molar-refractivity contribution is 5.85. The Morgan fingerprint density at radius 3 is 2.87 bits per heavy atom. The number of esters is 1. The van der Waals surface area contributed by atoms with Crippen LogP contribution >= 0.6 is 12.4 Å². The second-order valence-corrected chi connectivity index (χ2v) is 2.61. The lowest BCUT2D eigenvalue weighted by atomic mass is 10.3. The Hall–Kier alpha value is -1.33. The summed E-state index contributed by atoms with van der Waals surface area (Å²) in [4.78, 5) is 14.8. The van der Waals surface area contributed by atoms with E-state index < -0.39 is 12.0 Å². The normalized spacial score (nSPS) is 11.1. The third kappa shape index (κ3) is 4.62. The number of hydrogen-bond donors (Lipinski definition) is 1. The monoisotopic (exact) mass is 232 g/mol. The summed E-state index contributed by atoms with van der Waals surface area (Å²) in [6.07, 6.45) is 1.60. The summed E-state index contributed by atoms with van der Waals surface area (Å²) >= 11 is 0. The van der Waals surface area contributed by atoms with Gasteiger partial charge in [0, 0.05) is 12.3 Å². The molecule has 0 aromatic carbocycles. The Labute approximate surface area is 94.0 Å². The first-order valence-corrected chi connectivity index (χ1v) is 4.11. The SMILES string of the molecule is COC(=O)[C@H](N)COc1ccccn1.Cl. The number of ether oxygens (including phenoxy) is 2. The van der Waals surface area contributed by atoms with E-state index in [0.717, 1.165) is 0 Å². The van der Waals surface area contributed by atoms with Crippen LogP contribution in [0.5, 0.6) is 5.88 Å². The van der Waals surface area contributed by atoms with Gasteiger partial charge >= 0.3 is 5.97 Å². The van der Waals surface area contributed by atoms with Crippen molar-refractivity contribution in [3.8, 4) is 5.88 Å². The molecule has 1 atom stereocenters. The van der Waals surface area contributed by atoms with Crippen molar-refractivity contribution < 1.29 is 14.3 Å². The van der Waals surface area contributed by atoms with Gasteiger partial charge < -0.3 is 15.2 Å². The number of rotatable bonds is 4. The minimum absolute atomic E-state index is 0. The molecule has 5 nitrogen and oxygen atoms in total. The van der Waals surface area contributed by atoms with E-state index in [0.29, 0.717) is 5.88 Å². The van der Waals surface area contributed by atoms with E-state index in [4.69, 9.17) is 10.5 Å². The number of aromatic nitrogens is 1. The van der Waals surface area contributed by atoms with Gasteiger partial charge in [-0.1, -0.05) is 6.07 Å². The third-order valence-electron chi connectivity index (χ3n) is 1.55. The Balaban J connectivity index is 0.00000196. The van der Waals surface area contributed by atoms with Crippen LogP contribution in [-0.2, 0) is 9.53 Å². The molecule has 2 N–H and O–H groups in total. The summed E-state index contributed by atoms with van der Waals surface area (Å²) in [5.41, 5.74) is 5.45. The fourth-order valence-corrected chi connectivity index (χ4v) is 0.827. The molecular formula is C9H13ClN2O3. The van der Waals surface area contributed by atoms with Crippen LogP contribution in [0, 0.1) is 0 Å². The molecule has 6 heteroatoms. The summed E-state index contributed by atoms with van der Waals surface area (Å²) in [5.74, 6) is -0.0622. The first-order chi connectivity index (χ1) is 6.74. The standard InChI is InChI=1S/C9H12N2O3.ClH/c1-13-9(12)7(10)6-14-8-4-2-3-5-11-8;/h2-5,7H,6,10H2,1H3;1H/t7-;/m1./s1. The first kappa shape index (κ1) is 13.7. The Kier molecular flexibility index (Phi) is 6.40. The number of carbonyl (C=O) groups is 1. The van der Waals surface area contributed by atoms with E-state index >= 15 is 0 Å². The van der Waals surface area contributed by atoms with Gasteiger partial charge in [0.15, 0.2) is 0 Å². The topological polar surface area (TPSA) is 74.4 Å². The molecule has 1 aromatic heterocycles. The van der Waals surface area contributed by atoms with Crippen LogP contribution in [0.1, 0.15) is 0 Å². The molecule has 0 saturated heterocycles. The lowest BCUT2D eigenvalue weighted by molar-refractivity contribution is -0.142. The fraction of sp³-hybridized carbons (Fsp3) is 0.333.